The zero-order chi connectivity index (χ0) is 13.7. The molecular formula is C14H22ClN3. The van der Waals surface area contributed by atoms with Crippen molar-refractivity contribution >= 4 is 17.4 Å². The van der Waals surface area contributed by atoms with Crippen LogP contribution in [0.4, 0.5) is 5.82 Å². The Labute approximate surface area is 114 Å². The zero-order valence-corrected chi connectivity index (χ0v) is 12.8. The lowest BCUT2D eigenvalue weighted by Crippen LogP contribution is -2.14. The van der Waals surface area contributed by atoms with Gasteiger partial charge in [-0.15, -0.1) is 0 Å². The number of rotatable bonds is 3. The average molecular weight is 268 g/mol. The van der Waals surface area contributed by atoms with Crippen LogP contribution in [0, 0.1) is 17.8 Å². The summed E-state index contributed by atoms with van der Waals surface area (Å²) in [5, 5.41) is 4.10. The maximum absolute atomic E-state index is 6.15. The lowest BCUT2D eigenvalue weighted by atomic mass is 10.0. The highest BCUT2D eigenvalue weighted by Gasteiger charge is 2.65. The van der Waals surface area contributed by atoms with Crippen molar-refractivity contribution < 1.29 is 0 Å². The van der Waals surface area contributed by atoms with Crippen LogP contribution in [0.2, 0.25) is 5.15 Å². The first kappa shape index (κ1) is 13.6. The van der Waals surface area contributed by atoms with Crippen LogP contribution in [0.5, 0.6) is 0 Å². The molecular weight excluding hydrogens is 246 g/mol. The molecule has 1 saturated carbocycles. The van der Waals surface area contributed by atoms with Gasteiger partial charge in [0.2, 0.25) is 0 Å². The van der Waals surface area contributed by atoms with Gasteiger partial charge in [-0.05, 0) is 17.8 Å². The minimum atomic E-state index is 0.281. The fourth-order valence-electron chi connectivity index (χ4n) is 2.53. The van der Waals surface area contributed by atoms with E-state index in [0.29, 0.717) is 11.2 Å². The summed E-state index contributed by atoms with van der Waals surface area (Å²) in [6, 6.07) is 0.430. The van der Waals surface area contributed by atoms with Crippen LogP contribution in [0.3, 0.4) is 0 Å². The number of hydrogen-bond donors (Lipinski definition) is 1. The molecule has 0 atom stereocenters. The second-order valence-corrected chi connectivity index (χ2v) is 6.64. The van der Waals surface area contributed by atoms with Crippen molar-refractivity contribution in [3.05, 3.63) is 16.5 Å². The maximum atomic E-state index is 6.15. The Bertz CT molecular complexity index is 466. The molecule has 1 aliphatic rings. The van der Waals surface area contributed by atoms with Crippen LogP contribution in [0.25, 0.3) is 0 Å². The molecule has 1 N–H and O–H groups in total. The van der Waals surface area contributed by atoms with Gasteiger partial charge in [-0.3, -0.25) is 0 Å². The molecule has 3 nitrogen and oxygen atoms in total. The Morgan fingerprint density at radius 3 is 2.17 bits per heavy atom. The van der Waals surface area contributed by atoms with Crippen LogP contribution < -0.4 is 5.32 Å². The molecule has 1 heterocycles. The Hall–Kier alpha value is -0.830. The van der Waals surface area contributed by atoms with Crippen LogP contribution >= 0.6 is 11.6 Å². The lowest BCUT2D eigenvalue weighted by molar-refractivity contribution is 0.457. The van der Waals surface area contributed by atoms with E-state index in [0.717, 1.165) is 23.6 Å². The van der Waals surface area contributed by atoms with Gasteiger partial charge in [-0.1, -0.05) is 46.2 Å². The van der Waals surface area contributed by atoms with Gasteiger partial charge in [0.15, 0.2) is 0 Å². The Morgan fingerprint density at radius 1 is 1.17 bits per heavy atom. The van der Waals surface area contributed by atoms with Gasteiger partial charge in [0, 0.05) is 18.0 Å². The van der Waals surface area contributed by atoms with Gasteiger partial charge < -0.3 is 5.32 Å². The number of anilines is 1. The first-order chi connectivity index (χ1) is 8.21. The Balaban J connectivity index is 2.28. The quantitative estimate of drug-likeness (QED) is 0.846. The van der Waals surface area contributed by atoms with E-state index in [-0.39, 0.29) is 10.8 Å². The molecule has 0 spiro atoms. The maximum Gasteiger partial charge on any atom is 0.137 e. The van der Waals surface area contributed by atoms with Crippen molar-refractivity contribution in [3.63, 3.8) is 0 Å². The van der Waals surface area contributed by atoms with Crippen molar-refractivity contribution in [2.24, 2.45) is 10.8 Å². The summed E-state index contributed by atoms with van der Waals surface area (Å²) in [6.45, 7) is 13.1. The Morgan fingerprint density at radius 2 is 1.72 bits per heavy atom. The standard InChI is InChI=1S/C14H22ClN3/c1-7-9-16-10(15)8(2)11(17-9)18-12-13(3,4)14(12,5)6/h12H,7H2,1-6H3,(H,16,17,18). The SMILES string of the molecule is CCc1nc(Cl)c(C)c(NC2C(C)(C)C2(C)C)n1. The fourth-order valence-corrected chi connectivity index (χ4v) is 2.71. The number of halogens is 1. The molecule has 0 unspecified atom stereocenters. The highest BCUT2D eigenvalue weighted by atomic mass is 35.5. The first-order valence-electron chi connectivity index (χ1n) is 6.51. The van der Waals surface area contributed by atoms with Crippen LogP contribution in [-0.2, 0) is 6.42 Å². The van der Waals surface area contributed by atoms with Crippen molar-refractivity contribution in [2.75, 3.05) is 5.32 Å². The van der Waals surface area contributed by atoms with Gasteiger partial charge in [0.25, 0.3) is 0 Å². The second kappa shape index (κ2) is 4.09. The fraction of sp³-hybridized carbons (Fsp3) is 0.714. The minimum absolute atomic E-state index is 0.281. The van der Waals surface area contributed by atoms with Crippen molar-refractivity contribution in [3.8, 4) is 0 Å². The van der Waals surface area contributed by atoms with Gasteiger partial charge in [0.1, 0.15) is 16.8 Å². The number of hydrogen-bond acceptors (Lipinski definition) is 3. The van der Waals surface area contributed by atoms with Crippen LogP contribution in [0.1, 0.15) is 46.0 Å². The first-order valence-corrected chi connectivity index (χ1v) is 6.89. The number of nitrogens with one attached hydrogen (secondary N) is 1. The lowest BCUT2D eigenvalue weighted by Gasteiger charge is -2.12. The highest BCUT2D eigenvalue weighted by molar-refractivity contribution is 6.30. The summed E-state index contributed by atoms with van der Waals surface area (Å²) in [5.41, 5.74) is 1.50. The summed E-state index contributed by atoms with van der Waals surface area (Å²) in [4.78, 5) is 8.82. The molecule has 1 fully saturated rings. The van der Waals surface area contributed by atoms with E-state index < -0.39 is 0 Å². The largest absolute Gasteiger partial charge is 0.366 e. The van der Waals surface area contributed by atoms with E-state index >= 15 is 0 Å². The molecule has 1 aliphatic carbocycles. The monoisotopic (exact) mass is 267 g/mol. The topological polar surface area (TPSA) is 37.8 Å². The number of aromatic nitrogens is 2. The van der Waals surface area contributed by atoms with E-state index in [9.17, 15) is 0 Å². The molecule has 0 amide bonds. The third kappa shape index (κ3) is 1.89. The molecule has 0 radical (unpaired) electrons. The van der Waals surface area contributed by atoms with Gasteiger partial charge in [-0.2, -0.15) is 0 Å². The summed E-state index contributed by atoms with van der Waals surface area (Å²) in [6.07, 6.45) is 0.798. The number of nitrogens with zero attached hydrogens (tertiary/aromatic N) is 2. The smallest absolute Gasteiger partial charge is 0.137 e. The molecule has 4 heteroatoms. The molecule has 0 aliphatic heterocycles. The molecule has 0 aromatic carbocycles. The van der Waals surface area contributed by atoms with Crippen LogP contribution in [0.15, 0.2) is 0 Å². The van der Waals surface area contributed by atoms with Gasteiger partial charge in [-0.25, -0.2) is 9.97 Å². The summed E-state index contributed by atoms with van der Waals surface area (Å²) in [7, 11) is 0. The van der Waals surface area contributed by atoms with E-state index in [1.807, 2.05) is 13.8 Å². The Kier molecular flexibility index (Phi) is 3.09. The minimum Gasteiger partial charge on any atom is -0.366 e. The summed E-state index contributed by atoms with van der Waals surface area (Å²) >= 11 is 6.15. The van der Waals surface area contributed by atoms with Crippen molar-refractivity contribution in [1.29, 1.82) is 0 Å². The number of aryl methyl sites for hydroxylation is 1. The molecule has 0 saturated heterocycles. The summed E-state index contributed by atoms with van der Waals surface area (Å²) < 4.78 is 0. The average Bonchev–Trinajstić information content (AvgIpc) is 2.66. The van der Waals surface area contributed by atoms with E-state index in [2.05, 4.69) is 43.0 Å². The third-order valence-electron chi connectivity index (χ3n) is 4.75. The molecule has 0 bridgehead atoms. The van der Waals surface area contributed by atoms with E-state index in [4.69, 9.17) is 11.6 Å². The normalized spacial score (nSPS) is 20.8. The van der Waals surface area contributed by atoms with E-state index in [1.54, 1.807) is 0 Å². The van der Waals surface area contributed by atoms with Crippen molar-refractivity contribution in [1.82, 2.24) is 9.97 Å². The van der Waals surface area contributed by atoms with Gasteiger partial charge >= 0.3 is 0 Å². The molecule has 1 aromatic heterocycles. The molecule has 18 heavy (non-hydrogen) atoms. The van der Waals surface area contributed by atoms with Crippen LogP contribution in [-0.4, -0.2) is 16.0 Å². The molecule has 1 aromatic rings. The third-order valence-corrected chi connectivity index (χ3v) is 5.12. The molecule has 100 valence electrons. The van der Waals surface area contributed by atoms with Crippen molar-refractivity contribution in [2.45, 2.75) is 54.0 Å². The predicted octanol–water partition coefficient (Wildman–Crippen LogP) is 3.85. The molecule has 2 rings (SSSR count). The highest BCUT2D eigenvalue weighted by Crippen LogP contribution is 2.63. The zero-order valence-electron chi connectivity index (χ0n) is 12.1. The second-order valence-electron chi connectivity index (χ2n) is 6.28. The van der Waals surface area contributed by atoms with Gasteiger partial charge in [0.05, 0.1) is 0 Å². The van der Waals surface area contributed by atoms with E-state index in [1.165, 1.54) is 0 Å². The summed E-state index contributed by atoms with van der Waals surface area (Å²) in [5.74, 6) is 1.68. The predicted molar refractivity (Wildman–Crippen MR) is 76.1 cm³/mol.